The second-order valence-electron chi connectivity index (χ2n) is 10.3. The van der Waals surface area contributed by atoms with E-state index in [1.165, 1.54) is 5.56 Å². The van der Waals surface area contributed by atoms with Gasteiger partial charge in [-0.3, -0.25) is 14.4 Å². The van der Waals surface area contributed by atoms with Crippen LogP contribution in [0.1, 0.15) is 48.8 Å². The minimum atomic E-state index is -0.624. The van der Waals surface area contributed by atoms with E-state index in [-0.39, 0.29) is 43.5 Å². The number of carbonyl (C=O) groups excluding carboxylic acids is 3. The van der Waals surface area contributed by atoms with Crippen molar-refractivity contribution in [2.45, 2.75) is 62.9 Å². The van der Waals surface area contributed by atoms with E-state index in [1.807, 2.05) is 54.6 Å². The first kappa shape index (κ1) is 32.2. The van der Waals surface area contributed by atoms with E-state index < -0.39 is 12.0 Å². The second kappa shape index (κ2) is 17.5. The number of hydrogen-bond donors (Lipinski definition) is 2. The first-order chi connectivity index (χ1) is 19.9. The maximum Gasteiger partial charge on any atom is 0.305 e. The van der Waals surface area contributed by atoms with Crippen LogP contribution in [0.5, 0.6) is 0 Å². The fourth-order valence-electron chi connectivity index (χ4n) is 4.85. The molecular formula is C33H42N2O5S. The van der Waals surface area contributed by atoms with Crippen LogP contribution in [0.25, 0.3) is 0 Å². The van der Waals surface area contributed by atoms with Crippen molar-refractivity contribution in [3.63, 3.8) is 0 Å². The number of esters is 1. The van der Waals surface area contributed by atoms with Gasteiger partial charge in [-0.15, -0.1) is 13.2 Å². The molecule has 0 radical (unpaired) electrons. The van der Waals surface area contributed by atoms with Gasteiger partial charge >= 0.3 is 5.97 Å². The van der Waals surface area contributed by atoms with Crippen molar-refractivity contribution in [2.24, 2.45) is 5.92 Å². The van der Waals surface area contributed by atoms with Crippen molar-refractivity contribution in [3.05, 3.63) is 96.6 Å². The number of benzene rings is 2. The fourth-order valence-corrected chi connectivity index (χ4v) is 5.87. The van der Waals surface area contributed by atoms with Crippen LogP contribution in [0.3, 0.4) is 0 Å². The van der Waals surface area contributed by atoms with Crippen molar-refractivity contribution in [1.29, 1.82) is 0 Å². The SMILES string of the molecule is C=CCCCC(=O)OC[C@H](CSCc1ccccc1)NC(=O)[C@@H](CC=C)CC(=O)N1Cc2ccccc2C[C@H]1CO. The molecule has 0 saturated heterocycles. The van der Waals surface area contributed by atoms with Gasteiger partial charge in [0.1, 0.15) is 6.61 Å². The van der Waals surface area contributed by atoms with Gasteiger partial charge in [-0.1, -0.05) is 66.7 Å². The minimum Gasteiger partial charge on any atom is -0.463 e. The molecule has 3 atom stereocenters. The zero-order chi connectivity index (χ0) is 29.5. The van der Waals surface area contributed by atoms with E-state index in [9.17, 15) is 19.5 Å². The number of hydrogen-bond acceptors (Lipinski definition) is 6. The fraction of sp³-hybridized carbons (Fsp3) is 0.424. The minimum absolute atomic E-state index is 0.00173. The Labute approximate surface area is 248 Å². The Morgan fingerprint density at radius 1 is 1.07 bits per heavy atom. The van der Waals surface area contributed by atoms with Crippen LogP contribution in [0.2, 0.25) is 0 Å². The maximum atomic E-state index is 13.5. The van der Waals surface area contributed by atoms with Gasteiger partial charge in [0.05, 0.1) is 24.6 Å². The molecule has 3 rings (SSSR count). The lowest BCUT2D eigenvalue weighted by Crippen LogP contribution is -2.48. The third-order valence-electron chi connectivity index (χ3n) is 7.14. The van der Waals surface area contributed by atoms with Crippen molar-refractivity contribution in [1.82, 2.24) is 10.2 Å². The molecule has 1 heterocycles. The molecule has 0 unspecified atom stereocenters. The Hall–Kier alpha value is -3.36. The number of carbonyl (C=O) groups is 3. The number of fused-ring (bicyclic) bond motifs is 1. The van der Waals surface area contributed by atoms with Gasteiger partial charge in [0.25, 0.3) is 0 Å². The third-order valence-corrected chi connectivity index (χ3v) is 8.32. The predicted octanol–water partition coefficient (Wildman–Crippen LogP) is 4.83. The number of unbranched alkanes of at least 4 members (excludes halogenated alkanes) is 1. The van der Waals surface area contributed by atoms with Gasteiger partial charge in [0.2, 0.25) is 11.8 Å². The summed E-state index contributed by atoms with van der Waals surface area (Å²) in [6.07, 6.45) is 6.02. The second-order valence-corrected chi connectivity index (χ2v) is 11.4. The highest BCUT2D eigenvalue weighted by Gasteiger charge is 2.32. The van der Waals surface area contributed by atoms with E-state index in [0.29, 0.717) is 38.0 Å². The van der Waals surface area contributed by atoms with E-state index in [2.05, 4.69) is 18.5 Å². The van der Waals surface area contributed by atoms with E-state index in [0.717, 1.165) is 23.3 Å². The molecule has 1 aliphatic heterocycles. The van der Waals surface area contributed by atoms with Crippen LogP contribution in [0, 0.1) is 5.92 Å². The van der Waals surface area contributed by atoms with Crippen LogP contribution in [-0.4, -0.2) is 58.8 Å². The van der Waals surface area contributed by atoms with E-state index in [4.69, 9.17) is 4.74 Å². The van der Waals surface area contributed by atoms with Crippen LogP contribution in [0.4, 0.5) is 0 Å². The molecule has 2 aromatic rings. The average molecular weight is 579 g/mol. The lowest BCUT2D eigenvalue weighted by atomic mass is 9.92. The zero-order valence-corrected chi connectivity index (χ0v) is 24.5. The van der Waals surface area contributed by atoms with Crippen LogP contribution >= 0.6 is 11.8 Å². The molecular weight excluding hydrogens is 536 g/mol. The molecule has 8 heteroatoms. The lowest BCUT2D eigenvalue weighted by Gasteiger charge is -2.36. The summed E-state index contributed by atoms with van der Waals surface area (Å²) in [5.74, 6) is -0.0777. The average Bonchev–Trinajstić information content (AvgIpc) is 2.99. The van der Waals surface area contributed by atoms with Crippen molar-refractivity contribution >= 4 is 29.5 Å². The number of allylic oxidation sites excluding steroid dienone is 2. The van der Waals surface area contributed by atoms with Crippen molar-refractivity contribution in [3.8, 4) is 0 Å². The number of thioether (sulfide) groups is 1. The molecule has 220 valence electrons. The van der Waals surface area contributed by atoms with E-state index in [1.54, 1.807) is 28.8 Å². The molecule has 2 amide bonds. The predicted molar refractivity (Wildman–Crippen MR) is 164 cm³/mol. The number of nitrogens with zero attached hydrogens (tertiary/aromatic N) is 1. The van der Waals surface area contributed by atoms with E-state index >= 15 is 0 Å². The third kappa shape index (κ3) is 10.5. The van der Waals surface area contributed by atoms with Crippen molar-refractivity contribution < 1.29 is 24.2 Å². The standard InChI is InChI=1S/C33H42N2O5S/c1-3-5-7-17-32(38)40-22-29(24-41-23-25-13-8-6-9-14-25)34-33(39)27(12-4-2)19-31(37)35-20-28-16-11-10-15-26(28)18-30(35)21-36/h3-4,6,8-11,13-16,27,29-30,36H,1-2,5,7,12,17-24H2,(H,34,39)/t27-,29+,30-/m0/s1. The number of ether oxygens (including phenoxy) is 1. The lowest BCUT2D eigenvalue weighted by molar-refractivity contribution is -0.145. The quantitative estimate of drug-likeness (QED) is 0.159. The number of amides is 2. The maximum absolute atomic E-state index is 13.5. The molecule has 0 saturated carbocycles. The number of aliphatic hydroxyl groups is 1. The van der Waals surface area contributed by atoms with Gasteiger partial charge in [0.15, 0.2) is 0 Å². The summed E-state index contributed by atoms with van der Waals surface area (Å²) in [5.41, 5.74) is 3.35. The monoisotopic (exact) mass is 578 g/mol. The Balaban J connectivity index is 1.63. The van der Waals surface area contributed by atoms with Crippen LogP contribution in [0.15, 0.2) is 79.9 Å². The Bertz CT molecular complexity index is 1160. The number of aliphatic hydroxyl groups excluding tert-OH is 1. The summed E-state index contributed by atoms with van der Waals surface area (Å²) in [5, 5.41) is 13.0. The first-order valence-electron chi connectivity index (χ1n) is 14.2. The summed E-state index contributed by atoms with van der Waals surface area (Å²) in [7, 11) is 0. The largest absolute Gasteiger partial charge is 0.463 e. The van der Waals surface area contributed by atoms with Crippen molar-refractivity contribution in [2.75, 3.05) is 19.0 Å². The summed E-state index contributed by atoms with van der Waals surface area (Å²) < 4.78 is 5.51. The summed E-state index contributed by atoms with van der Waals surface area (Å²) in [4.78, 5) is 40.8. The number of nitrogens with one attached hydrogen (secondary N) is 1. The van der Waals surface area contributed by atoms with Gasteiger partial charge in [-0.2, -0.15) is 11.8 Å². The molecule has 0 aliphatic carbocycles. The molecule has 0 fully saturated rings. The molecule has 0 aromatic heterocycles. The van der Waals surface area contributed by atoms with Gasteiger partial charge in [0, 0.05) is 30.9 Å². The molecule has 1 aliphatic rings. The smallest absolute Gasteiger partial charge is 0.305 e. The molecule has 41 heavy (non-hydrogen) atoms. The molecule has 7 nitrogen and oxygen atoms in total. The van der Waals surface area contributed by atoms with Gasteiger partial charge < -0.3 is 20.1 Å². The summed E-state index contributed by atoms with van der Waals surface area (Å²) >= 11 is 1.65. The molecule has 0 bridgehead atoms. The highest BCUT2D eigenvalue weighted by Crippen LogP contribution is 2.25. The highest BCUT2D eigenvalue weighted by atomic mass is 32.2. The zero-order valence-electron chi connectivity index (χ0n) is 23.7. The number of rotatable bonds is 17. The molecule has 0 spiro atoms. The summed E-state index contributed by atoms with van der Waals surface area (Å²) in [6.45, 7) is 7.80. The van der Waals surface area contributed by atoms with Crippen LogP contribution < -0.4 is 5.32 Å². The van der Waals surface area contributed by atoms with Crippen LogP contribution in [-0.2, 0) is 37.8 Å². The molecule has 2 N–H and O–H groups in total. The Morgan fingerprint density at radius 2 is 1.80 bits per heavy atom. The highest BCUT2D eigenvalue weighted by molar-refractivity contribution is 7.98. The Morgan fingerprint density at radius 3 is 2.51 bits per heavy atom. The molecule has 2 aromatic carbocycles. The van der Waals surface area contributed by atoms with Gasteiger partial charge in [-0.05, 0) is 42.4 Å². The Kier molecular flexibility index (Phi) is 13.7. The first-order valence-corrected chi connectivity index (χ1v) is 15.4. The van der Waals surface area contributed by atoms with Gasteiger partial charge in [-0.25, -0.2) is 0 Å². The topological polar surface area (TPSA) is 95.9 Å². The normalized spacial score (nSPS) is 15.7. The summed E-state index contributed by atoms with van der Waals surface area (Å²) in [6, 6.07) is 17.2.